The van der Waals surface area contributed by atoms with Crippen molar-refractivity contribution < 1.29 is 23.8 Å². The zero-order valence-corrected chi connectivity index (χ0v) is 26.0. The molecule has 1 amide bonds. The first-order valence-corrected chi connectivity index (χ1v) is 15.5. The molecule has 0 radical (unpaired) electrons. The van der Waals surface area contributed by atoms with E-state index in [-0.39, 0.29) is 29.6 Å². The van der Waals surface area contributed by atoms with Crippen molar-refractivity contribution in [3.05, 3.63) is 46.0 Å². The van der Waals surface area contributed by atoms with E-state index >= 15 is 0 Å². The van der Waals surface area contributed by atoms with E-state index in [1.807, 2.05) is 18.3 Å². The van der Waals surface area contributed by atoms with Gasteiger partial charge in [0.25, 0.3) is 5.56 Å². The lowest BCUT2D eigenvalue weighted by Gasteiger charge is -2.35. The van der Waals surface area contributed by atoms with E-state index in [1.165, 1.54) is 6.92 Å². The minimum Gasteiger partial charge on any atom is -0.447 e. The van der Waals surface area contributed by atoms with E-state index in [4.69, 9.17) is 20.2 Å². The third-order valence-electron chi connectivity index (χ3n) is 8.37. The number of fused-ring (bicyclic) bond motifs is 1. The number of ketones is 1. The number of nitrogens with one attached hydrogen (secondary N) is 1. The van der Waals surface area contributed by atoms with E-state index < -0.39 is 6.09 Å². The summed E-state index contributed by atoms with van der Waals surface area (Å²) in [7, 11) is 0. The van der Waals surface area contributed by atoms with Crippen molar-refractivity contribution in [2.45, 2.75) is 45.6 Å². The SMILES string of the molecule is CC(=O)c1c(C)c2cnc(Nc3ccc(N4CCN(CCOCCOCCOC(N)=O)CC4)cn3)nc2n(C2CCCC2)c1=O. The third-order valence-corrected chi connectivity index (χ3v) is 8.37. The molecule has 5 rings (SSSR count). The molecule has 1 saturated heterocycles. The highest BCUT2D eigenvalue weighted by molar-refractivity contribution is 5.99. The molecule has 242 valence electrons. The number of piperazine rings is 1. The number of aromatic nitrogens is 4. The summed E-state index contributed by atoms with van der Waals surface area (Å²) in [6, 6.07) is 3.95. The van der Waals surface area contributed by atoms with Crippen molar-refractivity contribution in [3.63, 3.8) is 0 Å². The van der Waals surface area contributed by atoms with Crippen LogP contribution in [0.3, 0.4) is 0 Å². The minimum absolute atomic E-state index is 0.0221. The highest BCUT2D eigenvalue weighted by Crippen LogP contribution is 2.32. The highest BCUT2D eigenvalue weighted by Gasteiger charge is 2.26. The smallest absolute Gasteiger partial charge is 0.404 e. The summed E-state index contributed by atoms with van der Waals surface area (Å²) in [6.45, 7) is 9.64. The van der Waals surface area contributed by atoms with Gasteiger partial charge in [-0.3, -0.25) is 19.1 Å². The Morgan fingerprint density at radius 1 is 0.978 bits per heavy atom. The van der Waals surface area contributed by atoms with Gasteiger partial charge in [-0.1, -0.05) is 12.8 Å². The van der Waals surface area contributed by atoms with Gasteiger partial charge in [0.2, 0.25) is 5.95 Å². The van der Waals surface area contributed by atoms with Crippen LogP contribution in [0, 0.1) is 6.92 Å². The van der Waals surface area contributed by atoms with Gasteiger partial charge in [-0.2, -0.15) is 4.98 Å². The van der Waals surface area contributed by atoms with Crippen LogP contribution < -0.4 is 21.5 Å². The van der Waals surface area contributed by atoms with Crippen molar-refractivity contribution in [2.24, 2.45) is 5.73 Å². The van der Waals surface area contributed by atoms with Gasteiger partial charge in [0.1, 0.15) is 18.1 Å². The first-order chi connectivity index (χ1) is 21.8. The number of nitrogens with two attached hydrogens (primary N) is 1. The van der Waals surface area contributed by atoms with Crippen molar-refractivity contribution in [3.8, 4) is 0 Å². The molecule has 1 aliphatic carbocycles. The average Bonchev–Trinajstić information content (AvgIpc) is 3.55. The number of ether oxygens (including phenoxy) is 3. The molecule has 3 N–H and O–H groups in total. The van der Waals surface area contributed by atoms with Crippen molar-refractivity contribution in [1.82, 2.24) is 24.4 Å². The van der Waals surface area contributed by atoms with E-state index in [2.05, 4.69) is 29.8 Å². The second kappa shape index (κ2) is 15.2. The number of amides is 1. The molecule has 0 bridgehead atoms. The number of nitrogens with zero attached hydrogens (tertiary/aromatic N) is 6. The Kier molecular flexibility index (Phi) is 10.9. The quantitative estimate of drug-likeness (QED) is 0.200. The minimum atomic E-state index is -0.803. The first-order valence-electron chi connectivity index (χ1n) is 15.5. The van der Waals surface area contributed by atoms with E-state index in [0.717, 1.165) is 64.1 Å². The number of aryl methyl sites for hydroxylation is 1. The van der Waals surface area contributed by atoms with Crippen LogP contribution in [0.5, 0.6) is 0 Å². The molecule has 0 aromatic carbocycles. The van der Waals surface area contributed by atoms with Gasteiger partial charge in [-0.15, -0.1) is 0 Å². The molecule has 0 spiro atoms. The lowest BCUT2D eigenvalue weighted by molar-refractivity contribution is 0.0231. The van der Waals surface area contributed by atoms with E-state index in [1.54, 1.807) is 17.7 Å². The molecule has 1 aliphatic heterocycles. The summed E-state index contributed by atoms with van der Waals surface area (Å²) in [5, 5.41) is 3.90. The molecule has 4 heterocycles. The lowest BCUT2D eigenvalue weighted by atomic mass is 10.0. The highest BCUT2D eigenvalue weighted by atomic mass is 16.6. The normalized spacial score (nSPS) is 15.9. The number of carbonyl (C=O) groups excluding carboxylic acids is 2. The summed E-state index contributed by atoms with van der Waals surface area (Å²) < 4.78 is 17.3. The van der Waals surface area contributed by atoms with Gasteiger partial charge in [0.15, 0.2) is 5.78 Å². The summed E-state index contributed by atoms with van der Waals surface area (Å²) in [5.41, 5.74) is 7.05. The molecule has 2 aliphatic rings. The topological polar surface area (TPSA) is 167 Å². The van der Waals surface area contributed by atoms with Crippen molar-refractivity contribution in [2.75, 3.05) is 76.0 Å². The molecule has 14 nitrogen and oxygen atoms in total. The van der Waals surface area contributed by atoms with Crippen LogP contribution in [0.4, 0.5) is 22.2 Å². The maximum absolute atomic E-state index is 13.5. The summed E-state index contributed by atoms with van der Waals surface area (Å²) in [4.78, 5) is 54.9. The van der Waals surface area contributed by atoms with Gasteiger partial charge >= 0.3 is 6.09 Å². The summed E-state index contributed by atoms with van der Waals surface area (Å²) in [6.07, 6.45) is 6.60. The zero-order chi connectivity index (χ0) is 31.8. The lowest BCUT2D eigenvalue weighted by Crippen LogP contribution is -2.47. The molecular weight excluding hydrogens is 580 g/mol. The van der Waals surface area contributed by atoms with Gasteiger partial charge < -0.3 is 30.2 Å². The second-order valence-electron chi connectivity index (χ2n) is 11.3. The number of Topliss-reactive ketones (excluding diaryl/α,β-unsaturated/α-hetero) is 1. The third kappa shape index (κ3) is 8.12. The van der Waals surface area contributed by atoms with Crippen LogP contribution in [-0.2, 0) is 14.2 Å². The number of anilines is 3. The molecular formula is C31H42N8O6. The summed E-state index contributed by atoms with van der Waals surface area (Å²) in [5.74, 6) is 0.714. The largest absolute Gasteiger partial charge is 0.447 e. The number of hydrogen-bond acceptors (Lipinski definition) is 12. The van der Waals surface area contributed by atoms with Crippen molar-refractivity contribution in [1.29, 1.82) is 0 Å². The van der Waals surface area contributed by atoms with Gasteiger partial charge in [-0.25, -0.2) is 14.8 Å². The van der Waals surface area contributed by atoms with Crippen LogP contribution in [0.15, 0.2) is 29.3 Å². The number of rotatable bonds is 14. The van der Waals surface area contributed by atoms with E-state index in [0.29, 0.717) is 54.8 Å². The van der Waals surface area contributed by atoms with Crippen LogP contribution in [0.25, 0.3) is 11.0 Å². The number of hydrogen-bond donors (Lipinski definition) is 2. The van der Waals surface area contributed by atoms with Gasteiger partial charge in [-0.05, 0) is 44.4 Å². The Morgan fingerprint density at radius 3 is 2.36 bits per heavy atom. The second-order valence-corrected chi connectivity index (χ2v) is 11.3. The zero-order valence-electron chi connectivity index (χ0n) is 26.0. The number of pyridine rings is 2. The molecule has 14 heteroatoms. The predicted octanol–water partition coefficient (Wildman–Crippen LogP) is 2.81. The maximum Gasteiger partial charge on any atom is 0.404 e. The Hall–Kier alpha value is -4.14. The van der Waals surface area contributed by atoms with Gasteiger partial charge in [0.05, 0.1) is 43.9 Å². The Labute approximate surface area is 261 Å². The molecule has 3 aromatic heterocycles. The van der Waals surface area contributed by atoms with Gasteiger partial charge in [0, 0.05) is 50.3 Å². The first kappa shape index (κ1) is 32.3. The molecule has 0 atom stereocenters. The summed E-state index contributed by atoms with van der Waals surface area (Å²) >= 11 is 0. The monoisotopic (exact) mass is 622 g/mol. The average molecular weight is 623 g/mol. The van der Waals surface area contributed by atoms with E-state index in [9.17, 15) is 14.4 Å². The number of primary amides is 1. The maximum atomic E-state index is 13.5. The Morgan fingerprint density at radius 2 is 1.69 bits per heavy atom. The van der Waals surface area contributed by atoms with Crippen molar-refractivity contribution >= 4 is 40.4 Å². The van der Waals surface area contributed by atoms with Crippen LogP contribution in [0.1, 0.15) is 54.6 Å². The number of carbonyl (C=O) groups is 2. The molecule has 2 fully saturated rings. The predicted molar refractivity (Wildman–Crippen MR) is 169 cm³/mol. The Bertz CT molecular complexity index is 1530. The standard InChI is InChI=1S/C31H42N8O6/c1-21-25-20-34-31(36-28(25)39(23-5-3-4-6-23)29(41)27(21)22(2)40)35-26-8-7-24(19-33-26)38-11-9-37(10-12-38)13-14-43-15-16-44-17-18-45-30(32)42/h7-8,19-20,23H,3-6,9-18H2,1-2H3,(H2,32,42)(H,33,34,35,36). The van der Waals surface area contributed by atoms with Crippen LogP contribution in [-0.4, -0.2) is 102 Å². The fourth-order valence-corrected chi connectivity index (χ4v) is 6.02. The molecule has 45 heavy (non-hydrogen) atoms. The van der Waals surface area contributed by atoms with Crippen LogP contribution in [0.2, 0.25) is 0 Å². The Balaban J connectivity index is 1.13. The molecule has 3 aromatic rings. The fourth-order valence-electron chi connectivity index (χ4n) is 6.02. The fraction of sp³-hybridized carbons (Fsp3) is 0.548. The van der Waals surface area contributed by atoms with Crippen LogP contribution >= 0.6 is 0 Å². The molecule has 0 unspecified atom stereocenters. The molecule has 1 saturated carbocycles.